The van der Waals surface area contributed by atoms with Crippen molar-refractivity contribution in [3.63, 3.8) is 0 Å². The van der Waals surface area contributed by atoms with Crippen molar-refractivity contribution in [1.82, 2.24) is 0 Å². The van der Waals surface area contributed by atoms with Gasteiger partial charge < -0.3 is 5.73 Å². The van der Waals surface area contributed by atoms with E-state index < -0.39 is 0 Å². The molecule has 3 unspecified atom stereocenters. The van der Waals surface area contributed by atoms with Gasteiger partial charge in [0.1, 0.15) is 0 Å². The van der Waals surface area contributed by atoms with Gasteiger partial charge in [0.05, 0.1) is 0 Å². The summed E-state index contributed by atoms with van der Waals surface area (Å²) in [5, 5.41) is 0. The lowest BCUT2D eigenvalue weighted by molar-refractivity contribution is 0.341. The first-order valence-electron chi connectivity index (χ1n) is 4.87. The summed E-state index contributed by atoms with van der Waals surface area (Å²) >= 11 is 0. The van der Waals surface area contributed by atoms with Crippen LogP contribution in [0, 0.1) is 17.8 Å². The molecule has 1 aliphatic rings. The van der Waals surface area contributed by atoms with Crippen LogP contribution in [0.3, 0.4) is 0 Å². The minimum atomic E-state index is 0.444. The van der Waals surface area contributed by atoms with Crippen LogP contribution in [0.5, 0.6) is 0 Å². The fourth-order valence-corrected chi connectivity index (χ4v) is 2.21. The third kappa shape index (κ3) is 2.19. The zero-order chi connectivity index (χ0) is 8.43. The van der Waals surface area contributed by atoms with Crippen LogP contribution in [-0.2, 0) is 0 Å². The summed E-state index contributed by atoms with van der Waals surface area (Å²) in [6, 6.07) is 0.444. The molecule has 2 N–H and O–H groups in total. The zero-order valence-electron chi connectivity index (χ0n) is 8.01. The second kappa shape index (κ2) is 3.57. The van der Waals surface area contributed by atoms with Crippen molar-refractivity contribution in [3.05, 3.63) is 0 Å². The normalized spacial score (nSPS) is 46.9. The molecule has 1 aliphatic carbocycles. The molecule has 4 atom stereocenters. The highest BCUT2D eigenvalue weighted by molar-refractivity contribution is 4.80. The van der Waals surface area contributed by atoms with Gasteiger partial charge in [0.25, 0.3) is 0 Å². The van der Waals surface area contributed by atoms with Gasteiger partial charge in [0.2, 0.25) is 0 Å². The van der Waals surface area contributed by atoms with E-state index in [2.05, 4.69) is 20.8 Å². The Kier molecular flexibility index (Phi) is 2.94. The van der Waals surface area contributed by atoms with E-state index in [4.69, 9.17) is 5.73 Å². The molecule has 0 spiro atoms. The Morgan fingerprint density at radius 1 is 1.00 bits per heavy atom. The molecule has 0 aliphatic heterocycles. The standard InChI is InChI=1S/C10H21N/c1-7-4-5-8(2)10(11)9(3)6-7/h7-10H,4-6,11H2,1-3H3/t7?,8?,9-,10?/m0/s1. The van der Waals surface area contributed by atoms with Gasteiger partial charge in [-0.15, -0.1) is 0 Å². The van der Waals surface area contributed by atoms with E-state index >= 15 is 0 Å². The highest BCUT2D eigenvalue weighted by Gasteiger charge is 2.25. The highest BCUT2D eigenvalue weighted by atomic mass is 14.7. The SMILES string of the molecule is CC1CCC(C)C(N)[C@@H](C)C1. The van der Waals surface area contributed by atoms with Crippen molar-refractivity contribution in [2.45, 2.75) is 46.1 Å². The van der Waals surface area contributed by atoms with Crippen LogP contribution in [0.4, 0.5) is 0 Å². The summed E-state index contributed by atoms with van der Waals surface area (Å²) in [7, 11) is 0. The minimum absolute atomic E-state index is 0.444. The van der Waals surface area contributed by atoms with Crippen molar-refractivity contribution >= 4 is 0 Å². The lowest BCUT2D eigenvalue weighted by atomic mass is 9.90. The van der Waals surface area contributed by atoms with Crippen LogP contribution >= 0.6 is 0 Å². The molecule has 1 nitrogen and oxygen atoms in total. The molecule has 0 bridgehead atoms. The van der Waals surface area contributed by atoms with Gasteiger partial charge in [-0.1, -0.05) is 27.2 Å². The first-order chi connectivity index (χ1) is 5.11. The van der Waals surface area contributed by atoms with Crippen molar-refractivity contribution in [1.29, 1.82) is 0 Å². The maximum absolute atomic E-state index is 6.08. The summed E-state index contributed by atoms with van der Waals surface area (Å²) < 4.78 is 0. The van der Waals surface area contributed by atoms with Gasteiger partial charge in [-0.05, 0) is 30.6 Å². The smallest absolute Gasteiger partial charge is 0.00904 e. The molecule has 0 aromatic carbocycles. The Balaban J connectivity index is 2.53. The molecule has 0 radical (unpaired) electrons. The van der Waals surface area contributed by atoms with Gasteiger partial charge in [-0.3, -0.25) is 0 Å². The third-order valence-corrected chi connectivity index (χ3v) is 3.20. The zero-order valence-corrected chi connectivity index (χ0v) is 8.01. The maximum Gasteiger partial charge on any atom is 0.00904 e. The number of nitrogens with two attached hydrogens (primary N) is 1. The van der Waals surface area contributed by atoms with E-state index in [1.165, 1.54) is 19.3 Å². The largest absolute Gasteiger partial charge is 0.327 e. The monoisotopic (exact) mass is 155 g/mol. The average Bonchev–Trinajstić information content (AvgIpc) is 2.05. The van der Waals surface area contributed by atoms with Gasteiger partial charge in [0, 0.05) is 6.04 Å². The van der Waals surface area contributed by atoms with E-state index in [0.717, 1.165) is 17.8 Å². The van der Waals surface area contributed by atoms with Crippen molar-refractivity contribution in [2.75, 3.05) is 0 Å². The van der Waals surface area contributed by atoms with E-state index in [1.54, 1.807) is 0 Å². The summed E-state index contributed by atoms with van der Waals surface area (Å²) in [5.41, 5.74) is 6.08. The first kappa shape index (κ1) is 9.05. The molecule has 66 valence electrons. The average molecular weight is 155 g/mol. The lowest BCUT2D eigenvalue weighted by Crippen LogP contribution is -2.33. The van der Waals surface area contributed by atoms with Crippen LogP contribution in [0.15, 0.2) is 0 Å². The van der Waals surface area contributed by atoms with Crippen LogP contribution < -0.4 is 5.73 Å². The molecule has 1 fully saturated rings. The topological polar surface area (TPSA) is 26.0 Å². The second-order valence-electron chi connectivity index (χ2n) is 4.45. The Labute approximate surface area is 70.4 Å². The predicted molar refractivity (Wildman–Crippen MR) is 49.3 cm³/mol. The second-order valence-corrected chi connectivity index (χ2v) is 4.45. The molecular weight excluding hydrogens is 134 g/mol. The van der Waals surface area contributed by atoms with Crippen molar-refractivity contribution in [2.24, 2.45) is 23.5 Å². The fraction of sp³-hybridized carbons (Fsp3) is 1.00. The van der Waals surface area contributed by atoms with Gasteiger partial charge >= 0.3 is 0 Å². The summed E-state index contributed by atoms with van der Waals surface area (Å²) in [4.78, 5) is 0. The third-order valence-electron chi connectivity index (χ3n) is 3.20. The molecule has 0 heterocycles. The van der Waals surface area contributed by atoms with Crippen LogP contribution in [0.25, 0.3) is 0 Å². The van der Waals surface area contributed by atoms with Crippen LogP contribution in [0.1, 0.15) is 40.0 Å². The van der Waals surface area contributed by atoms with Crippen LogP contribution in [-0.4, -0.2) is 6.04 Å². The van der Waals surface area contributed by atoms with E-state index in [0.29, 0.717) is 6.04 Å². The summed E-state index contributed by atoms with van der Waals surface area (Å²) in [5.74, 6) is 2.35. The minimum Gasteiger partial charge on any atom is -0.327 e. The number of hydrogen-bond acceptors (Lipinski definition) is 1. The fourth-order valence-electron chi connectivity index (χ4n) is 2.21. The van der Waals surface area contributed by atoms with Crippen molar-refractivity contribution < 1.29 is 0 Å². The molecule has 11 heavy (non-hydrogen) atoms. The lowest BCUT2D eigenvalue weighted by Gasteiger charge is -2.22. The number of rotatable bonds is 0. The molecule has 0 amide bonds. The van der Waals surface area contributed by atoms with Gasteiger partial charge in [-0.25, -0.2) is 0 Å². The molecule has 1 rings (SSSR count). The predicted octanol–water partition coefficient (Wildman–Crippen LogP) is 2.41. The molecule has 0 aromatic rings. The number of hydrogen-bond donors (Lipinski definition) is 1. The van der Waals surface area contributed by atoms with E-state index in [1.807, 2.05) is 0 Å². The molecule has 0 saturated heterocycles. The maximum atomic E-state index is 6.08. The Morgan fingerprint density at radius 3 is 2.27 bits per heavy atom. The Morgan fingerprint density at radius 2 is 1.64 bits per heavy atom. The summed E-state index contributed by atoms with van der Waals surface area (Å²) in [6.45, 7) is 6.93. The van der Waals surface area contributed by atoms with Crippen LogP contribution in [0.2, 0.25) is 0 Å². The quantitative estimate of drug-likeness (QED) is 0.534. The molecule has 0 aromatic heterocycles. The van der Waals surface area contributed by atoms with Gasteiger partial charge in [0.15, 0.2) is 0 Å². The van der Waals surface area contributed by atoms with Crippen molar-refractivity contribution in [3.8, 4) is 0 Å². The molecular formula is C10H21N. The Bertz CT molecular complexity index is 122. The highest BCUT2D eigenvalue weighted by Crippen LogP contribution is 2.29. The molecule has 1 saturated carbocycles. The first-order valence-corrected chi connectivity index (χ1v) is 4.87. The van der Waals surface area contributed by atoms with E-state index in [-0.39, 0.29) is 0 Å². The Hall–Kier alpha value is -0.0400. The van der Waals surface area contributed by atoms with Gasteiger partial charge in [-0.2, -0.15) is 0 Å². The molecule has 1 heteroatoms. The van der Waals surface area contributed by atoms with E-state index in [9.17, 15) is 0 Å². The summed E-state index contributed by atoms with van der Waals surface area (Å²) in [6.07, 6.45) is 4.03.